The van der Waals surface area contributed by atoms with Crippen molar-refractivity contribution in [1.82, 2.24) is 20.1 Å². The zero-order valence-electron chi connectivity index (χ0n) is 16.9. The van der Waals surface area contributed by atoms with Gasteiger partial charge in [0.15, 0.2) is 11.0 Å². The maximum atomic E-state index is 12.5. The van der Waals surface area contributed by atoms with Gasteiger partial charge in [0.25, 0.3) is 0 Å². The third kappa shape index (κ3) is 4.84. The van der Waals surface area contributed by atoms with Crippen molar-refractivity contribution in [3.8, 4) is 11.4 Å². The molecule has 148 valence electrons. The smallest absolute Gasteiger partial charge is 0.233 e. The first-order valence-electron chi connectivity index (χ1n) is 9.25. The normalized spacial score (nSPS) is 12.8. The molecule has 1 unspecified atom stereocenters. The van der Waals surface area contributed by atoms with E-state index < -0.39 is 0 Å². The van der Waals surface area contributed by atoms with Crippen LogP contribution in [0.2, 0.25) is 0 Å². The van der Waals surface area contributed by atoms with E-state index in [4.69, 9.17) is 4.42 Å². The summed E-state index contributed by atoms with van der Waals surface area (Å²) in [6.07, 6.45) is 1.65. The molecule has 0 spiro atoms. The van der Waals surface area contributed by atoms with Crippen molar-refractivity contribution in [2.45, 2.75) is 57.1 Å². The first kappa shape index (κ1) is 20.2. The molecule has 6 nitrogen and oxygen atoms in total. The number of thioether (sulfide) groups is 1. The van der Waals surface area contributed by atoms with E-state index in [1.807, 2.05) is 63.5 Å². The van der Waals surface area contributed by atoms with Gasteiger partial charge in [0.2, 0.25) is 5.91 Å². The fourth-order valence-electron chi connectivity index (χ4n) is 2.78. The quantitative estimate of drug-likeness (QED) is 0.627. The van der Waals surface area contributed by atoms with Gasteiger partial charge in [-0.2, -0.15) is 0 Å². The average Bonchev–Trinajstić information content (AvgIpc) is 3.20. The van der Waals surface area contributed by atoms with Crippen molar-refractivity contribution in [3.05, 3.63) is 54.0 Å². The molecule has 1 aromatic carbocycles. The second-order valence-corrected chi connectivity index (χ2v) is 9.08. The molecule has 3 rings (SSSR count). The summed E-state index contributed by atoms with van der Waals surface area (Å²) < 4.78 is 7.50. The van der Waals surface area contributed by atoms with Crippen LogP contribution in [0.3, 0.4) is 0 Å². The number of carbonyl (C=O) groups excluding carboxylic acids is 1. The third-order valence-electron chi connectivity index (χ3n) is 4.15. The number of hydrogen-bond acceptors (Lipinski definition) is 5. The number of benzene rings is 1. The lowest BCUT2D eigenvalue weighted by Crippen LogP contribution is -2.44. The Hall–Kier alpha value is -2.54. The maximum absolute atomic E-state index is 12.5. The van der Waals surface area contributed by atoms with Gasteiger partial charge in [-0.3, -0.25) is 9.36 Å². The second-order valence-electron chi connectivity index (χ2n) is 7.77. The summed E-state index contributed by atoms with van der Waals surface area (Å²) in [7, 11) is 0. The SMILES string of the molecule is Cc1occc1-c1nnc(SC(C)C(=O)NC(C)(C)C)n1Cc1ccccc1. The summed E-state index contributed by atoms with van der Waals surface area (Å²) in [5, 5.41) is 12.2. The van der Waals surface area contributed by atoms with Crippen LogP contribution in [-0.2, 0) is 11.3 Å². The van der Waals surface area contributed by atoms with E-state index in [1.165, 1.54) is 11.8 Å². The van der Waals surface area contributed by atoms with Crippen molar-refractivity contribution in [2.24, 2.45) is 0 Å². The molecule has 1 amide bonds. The first-order chi connectivity index (χ1) is 13.2. The lowest BCUT2D eigenvalue weighted by atomic mass is 10.1. The molecule has 28 heavy (non-hydrogen) atoms. The summed E-state index contributed by atoms with van der Waals surface area (Å²) in [5.41, 5.74) is 1.77. The van der Waals surface area contributed by atoms with Crippen LogP contribution in [0.4, 0.5) is 0 Å². The van der Waals surface area contributed by atoms with Crippen molar-refractivity contribution in [1.29, 1.82) is 0 Å². The minimum atomic E-state index is -0.295. The Morgan fingerprint density at radius 1 is 1.21 bits per heavy atom. The molecule has 7 heteroatoms. The van der Waals surface area contributed by atoms with Gasteiger partial charge in [-0.15, -0.1) is 10.2 Å². The summed E-state index contributed by atoms with van der Waals surface area (Å²) >= 11 is 1.41. The molecule has 2 aromatic heterocycles. The fourth-order valence-corrected chi connectivity index (χ4v) is 3.63. The lowest BCUT2D eigenvalue weighted by Gasteiger charge is -2.23. The number of nitrogens with zero attached hydrogens (tertiary/aromatic N) is 3. The number of aryl methyl sites for hydroxylation is 1. The van der Waals surface area contributed by atoms with Gasteiger partial charge in [0.05, 0.1) is 23.6 Å². The van der Waals surface area contributed by atoms with Crippen LogP contribution in [0.15, 0.2) is 52.2 Å². The van der Waals surface area contributed by atoms with Crippen molar-refractivity contribution in [2.75, 3.05) is 0 Å². The van der Waals surface area contributed by atoms with E-state index in [2.05, 4.69) is 27.6 Å². The number of nitrogens with one attached hydrogen (secondary N) is 1. The first-order valence-corrected chi connectivity index (χ1v) is 10.1. The predicted molar refractivity (Wildman–Crippen MR) is 111 cm³/mol. The number of carbonyl (C=O) groups is 1. The van der Waals surface area contributed by atoms with Crippen LogP contribution in [0.25, 0.3) is 11.4 Å². The molecule has 2 heterocycles. The fraction of sp³-hybridized carbons (Fsp3) is 0.381. The van der Waals surface area contributed by atoms with Gasteiger partial charge in [-0.1, -0.05) is 42.1 Å². The molecule has 0 radical (unpaired) electrons. The molecule has 0 aliphatic rings. The lowest BCUT2D eigenvalue weighted by molar-refractivity contribution is -0.121. The number of aromatic nitrogens is 3. The summed E-state index contributed by atoms with van der Waals surface area (Å²) in [6, 6.07) is 12.0. The Morgan fingerprint density at radius 2 is 1.93 bits per heavy atom. The Morgan fingerprint density at radius 3 is 2.54 bits per heavy atom. The van der Waals surface area contributed by atoms with Gasteiger partial charge >= 0.3 is 0 Å². The molecule has 1 N–H and O–H groups in total. The molecular formula is C21H26N4O2S. The summed E-state index contributed by atoms with van der Waals surface area (Å²) in [6.45, 7) is 10.3. The molecule has 0 fully saturated rings. The Labute approximate surface area is 169 Å². The average molecular weight is 399 g/mol. The highest BCUT2D eigenvalue weighted by Crippen LogP contribution is 2.30. The van der Waals surface area contributed by atoms with Gasteiger partial charge in [-0.25, -0.2) is 0 Å². The third-order valence-corrected chi connectivity index (χ3v) is 5.23. The number of hydrogen-bond donors (Lipinski definition) is 1. The van der Waals surface area contributed by atoms with E-state index in [1.54, 1.807) is 6.26 Å². The molecule has 0 aliphatic carbocycles. The zero-order chi connectivity index (χ0) is 20.3. The summed E-state index contributed by atoms with van der Waals surface area (Å²) in [5.74, 6) is 1.51. The Kier molecular flexibility index (Phi) is 5.93. The molecule has 0 saturated heterocycles. The largest absolute Gasteiger partial charge is 0.469 e. The highest BCUT2D eigenvalue weighted by Gasteiger charge is 2.24. The number of rotatable bonds is 6. The number of furan rings is 1. The van der Waals surface area contributed by atoms with Gasteiger partial charge in [0.1, 0.15) is 5.76 Å². The molecule has 1 atom stereocenters. The van der Waals surface area contributed by atoms with Gasteiger partial charge in [0, 0.05) is 5.54 Å². The Balaban J connectivity index is 1.91. The van der Waals surface area contributed by atoms with E-state index >= 15 is 0 Å². The molecule has 0 bridgehead atoms. The number of amides is 1. The highest BCUT2D eigenvalue weighted by molar-refractivity contribution is 8.00. The highest BCUT2D eigenvalue weighted by atomic mass is 32.2. The monoisotopic (exact) mass is 398 g/mol. The van der Waals surface area contributed by atoms with Crippen LogP contribution in [-0.4, -0.2) is 31.5 Å². The van der Waals surface area contributed by atoms with Gasteiger partial charge < -0.3 is 9.73 Å². The molecule has 0 saturated carbocycles. The zero-order valence-corrected chi connectivity index (χ0v) is 17.7. The summed E-state index contributed by atoms with van der Waals surface area (Å²) in [4.78, 5) is 12.5. The van der Waals surface area contributed by atoms with E-state index in [-0.39, 0.29) is 16.7 Å². The van der Waals surface area contributed by atoms with Crippen molar-refractivity contribution < 1.29 is 9.21 Å². The minimum absolute atomic E-state index is 0.0206. The standard InChI is InChI=1S/C21H26N4O2S/c1-14-17(11-12-27-14)18-23-24-20(25(18)13-16-9-7-6-8-10-16)28-15(2)19(26)22-21(3,4)5/h6-12,15H,13H2,1-5H3,(H,22,26). The minimum Gasteiger partial charge on any atom is -0.469 e. The van der Waals surface area contributed by atoms with E-state index in [0.29, 0.717) is 11.7 Å². The van der Waals surface area contributed by atoms with Crippen LogP contribution in [0.5, 0.6) is 0 Å². The van der Waals surface area contributed by atoms with E-state index in [9.17, 15) is 4.79 Å². The van der Waals surface area contributed by atoms with E-state index in [0.717, 1.165) is 22.7 Å². The van der Waals surface area contributed by atoms with Crippen LogP contribution in [0.1, 0.15) is 39.0 Å². The Bertz CT molecular complexity index is 941. The van der Waals surface area contributed by atoms with Gasteiger partial charge in [-0.05, 0) is 46.2 Å². The topological polar surface area (TPSA) is 72.9 Å². The van der Waals surface area contributed by atoms with Crippen LogP contribution < -0.4 is 5.32 Å². The molecular weight excluding hydrogens is 372 g/mol. The molecule has 0 aliphatic heterocycles. The van der Waals surface area contributed by atoms with Crippen molar-refractivity contribution >= 4 is 17.7 Å². The second kappa shape index (κ2) is 8.22. The predicted octanol–water partition coefficient (Wildman–Crippen LogP) is 4.29. The van der Waals surface area contributed by atoms with Crippen molar-refractivity contribution in [3.63, 3.8) is 0 Å². The van der Waals surface area contributed by atoms with Crippen LogP contribution in [0, 0.1) is 6.92 Å². The molecule has 3 aromatic rings. The van der Waals surface area contributed by atoms with Crippen LogP contribution >= 0.6 is 11.8 Å². The maximum Gasteiger partial charge on any atom is 0.233 e.